The van der Waals surface area contributed by atoms with E-state index in [4.69, 9.17) is 0 Å². The first kappa shape index (κ1) is 39.2. The Kier molecular flexibility index (Phi) is 9.23. The standard InChI is InChI=1S/C44H51N9O6S3/c54-42(49-61(56,57)38-23-53-31-9-13-52(14-10-31)22-37(53)46-38)47-39-32-5-1-3-25(32)15-29-17-27(19-34(29)39)28-18-30-16-26-4-2-6-33(26)40(35(30)20-28)48-43(55)50-62(58,59)44-45-36-21-51-11-7-24(8-12-51)41(36)60-44/h15-16,23-24,27-28,31H,1-14,17-22H2,(H2,47,49,54)(H2,48,50,55). The molecule has 4 N–H and O–H groups in total. The lowest BCUT2D eigenvalue weighted by Crippen LogP contribution is -2.35. The minimum absolute atomic E-state index is 0.0495. The summed E-state index contributed by atoms with van der Waals surface area (Å²) in [6.45, 7) is 5.19. The van der Waals surface area contributed by atoms with Gasteiger partial charge in [-0.25, -0.2) is 29.0 Å². The normalized spacial score (nSPS) is 26.5. The number of aromatic nitrogens is 3. The predicted molar refractivity (Wildman–Crippen MR) is 233 cm³/mol. The second kappa shape index (κ2) is 14.6. The van der Waals surface area contributed by atoms with Gasteiger partial charge in [-0.2, -0.15) is 16.8 Å². The second-order valence-corrected chi connectivity index (χ2v) is 23.5. The van der Waals surface area contributed by atoms with E-state index in [-0.39, 0.29) is 27.2 Å². The van der Waals surface area contributed by atoms with Gasteiger partial charge >= 0.3 is 12.1 Å². The number of imidazole rings is 1. The molecule has 2 unspecified atom stereocenters. The number of rotatable bonds is 7. The van der Waals surface area contributed by atoms with Crippen LogP contribution in [0.5, 0.6) is 0 Å². The van der Waals surface area contributed by atoms with Crippen molar-refractivity contribution < 1.29 is 26.4 Å². The van der Waals surface area contributed by atoms with Crippen LogP contribution in [-0.2, 0) is 84.5 Å². The molecule has 4 aliphatic carbocycles. The van der Waals surface area contributed by atoms with E-state index in [1.54, 1.807) is 6.20 Å². The first-order valence-corrected chi connectivity index (χ1v) is 26.2. The highest BCUT2D eigenvalue weighted by atomic mass is 32.2. The Morgan fingerprint density at radius 2 is 1.21 bits per heavy atom. The number of amides is 4. The number of sulfonamides is 2. The first-order valence-electron chi connectivity index (χ1n) is 22.4. The monoisotopic (exact) mass is 897 g/mol. The highest BCUT2D eigenvalue weighted by Gasteiger charge is 2.40. The van der Waals surface area contributed by atoms with Crippen LogP contribution in [0.4, 0.5) is 21.0 Å². The Labute approximate surface area is 365 Å². The van der Waals surface area contributed by atoms with E-state index >= 15 is 0 Å². The van der Waals surface area contributed by atoms with E-state index in [0.29, 0.717) is 19.0 Å². The van der Waals surface area contributed by atoms with Gasteiger partial charge in [0.1, 0.15) is 5.82 Å². The fourth-order valence-electron chi connectivity index (χ4n) is 12.3. The van der Waals surface area contributed by atoms with Crippen molar-refractivity contribution in [1.29, 1.82) is 0 Å². The SMILES string of the molecule is O=C(Nc1c2c(cc3c1CC(C1Cc4cc5c(c(NC(=O)NS(=O)(=O)c6nc7c(s6)C6CCN(CC6)C7)c4C1)CCC5)C3)CCC2)NS(=O)(=O)c1cn2c(n1)CN1CCC2CC1. The summed E-state index contributed by atoms with van der Waals surface area (Å²) in [5.74, 6) is 1.57. The van der Waals surface area contributed by atoms with E-state index in [1.807, 2.05) is 4.57 Å². The molecule has 2 aromatic heterocycles. The van der Waals surface area contributed by atoms with Gasteiger partial charge in [0.05, 0.1) is 12.2 Å². The van der Waals surface area contributed by atoms with Gasteiger partial charge in [0, 0.05) is 48.1 Å². The molecule has 15 nitrogen and oxygen atoms in total. The van der Waals surface area contributed by atoms with Crippen LogP contribution in [-0.4, -0.2) is 79.4 Å². The number of hydrogen-bond donors (Lipinski definition) is 4. The van der Waals surface area contributed by atoms with E-state index in [2.05, 4.69) is 52.0 Å². The number of aryl methyl sites for hydroxylation is 2. The zero-order valence-corrected chi connectivity index (χ0v) is 37.0. The number of anilines is 2. The summed E-state index contributed by atoms with van der Waals surface area (Å²) in [5.41, 5.74) is 11.5. The first-order chi connectivity index (χ1) is 29.9. The fraction of sp³-hybridized carbons (Fsp3) is 0.545. The van der Waals surface area contributed by atoms with Crippen molar-refractivity contribution in [2.75, 3.05) is 36.8 Å². The van der Waals surface area contributed by atoms with Gasteiger partial charge in [-0.1, -0.05) is 12.1 Å². The molecule has 2 fully saturated rings. The molecule has 4 bridgehead atoms. The van der Waals surface area contributed by atoms with Crippen molar-refractivity contribution >= 4 is 54.8 Å². The van der Waals surface area contributed by atoms with Crippen LogP contribution in [0.1, 0.15) is 111 Å². The van der Waals surface area contributed by atoms with E-state index in [1.165, 1.54) is 33.6 Å². The maximum atomic E-state index is 13.7. The summed E-state index contributed by atoms with van der Waals surface area (Å²) in [7, 11) is -8.39. The Morgan fingerprint density at radius 1 is 0.645 bits per heavy atom. The van der Waals surface area contributed by atoms with Crippen molar-refractivity contribution in [3.05, 3.63) is 79.2 Å². The average molecular weight is 898 g/mol. The van der Waals surface area contributed by atoms with Gasteiger partial charge in [0.2, 0.25) is 4.34 Å². The highest BCUT2D eigenvalue weighted by Crippen LogP contribution is 2.48. The van der Waals surface area contributed by atoms with Gasteiger partial charge in [-0.3, -0.25) is 9.80 Å². The zero-order valence-electron chi connectivity index (χ0n) is 34.6. The van der Waals surface area contributed by atoms with E-state index in [9.17, 15) is 26.4 Å². The molecular formula is C44H51N9O6S3. The van der Waals surface area contributed by atoms with Crippen molar-refractivity contribution in [3.8, 4) is 0 Å². The minimum atomic E-state index is -4.22. The van der Waals surface area contributed by atoms with Crippen LogP contribution >= 0.6 is 11.3 Å². The molecule has 62 heavy (non-hydrogen) atoms. The highest BCUT2D eigenvalue weighted by molar-refractivity contribution is 7.92. The Balaban J connectivity index is 0.759. The molecule has 4 amide bonds. The fourth-order valence-corrected chi connectivity index (χ4v) is 15.6. The number of thiazole rings is 1. The molecular weight excluding hydrogens is 847 g/mol. The van der Waals surface area contributed by atoms with Gasteiger partial charge in [0.25, 0.3) is 20.0 Å². The second-order valence-electron chi connectivity index (χ2n) is 19.0. The van der Waals surface area contributed by atoms with Gasteiger partial charge in [-0.15, -0.1) is 11.3 Å². The lowest BCUT2D eigenvalue weighted by molar-refractivity contribution is 0.208. The molecule has 326 valence electrons. The molecule has 2 atom stereocenters. The number of benzene rings is 2. The van der Waals surface area contributed by atoms with Crippen LogP contribution < -0.4 is 20.1 Å². The zero-order chi connectivity index (χ0) is 42.1. The maximum Gasteiger partial charge on any atom is 0.333 e. The van der Waals surface area contributed by atoms with Crippen LogP contribution in [0.25, 0.3) is 0 Å². The third-order valence-electron chi connectivity index (χ3n) is 15.3. The Hall–Kier alpha value is -4.36. The topological polar surface area (TPSA) is 188 Å². The molecule has 2 saturated heterocycles. The summed E-state index contributed by atoms with van der Waals surface area (Å²) >= 11 is 1.21. The summed E-state index contributed by atoms with van der Waals surface area (Å²) in [5, 5.41) is 5.94. The van der Waals surface area contributed by atoms with Crippen molar-refractivity contribution in [1.82, 2.24) is 33.8 Å². The smallest absolute Gasteiger partial charge is 0.329 e. The van der Waals surface area contributed by atoms with Crippen LogP contribution in [0, 0.1) is 11.8 Å². The molecule has 6 aliphatic heterocycles. The molecule has 10 aliphatic rings. The van der Waals surface area contributed by atoms with Gasteiger partial charge < -0.3 is 15.2 Å². The van der Waals surface area contributed by atoms with Crippen molar-refractivity contribution in [3.63, 3.8) is 0 Å². The number of urea groups is 2. The molecule has 0 radical (unpaired) electrons. The molecule has 0 spiro atoms. The third-order valence-corrected chi connectivity index (χ3v) is 19.5. The Morgan fingerprint density at radius 3 is 1.82 bits per heavy atom. The van der Waals surface area contributed by atoms with Crippen LogP contribution in [0.2, 0.25) is 0 Å². The van der Waals surface area contributed by atoms with E-state index < -0.39 is 32.1 Å². The van der Waals surface area contributed by atoms with Crippen molar-refractivity contribution in [2.24, 2.45) is 11.8 Å². The van der Waals surface area contributed by atoms with Gasteiger partial charge in [0.15, 0.2) is 5.03 Å². The van der Waals surface area contributed by atoms with Crippen molar-refractivity contribution in [2.45, 2.75) is 124 Å². The number of carbonyl (C=O) groups excluding carboxylic acids is 2. The number of piperidine rings is 2. The number of hydrogen-bond acceptors (Lipinski definition) is 11. The quantitative estimate of drug-likeness (QED) is 0.189. The van der Waals surface area contributed by atoms with Crippen LogP contribution in [0.3, 0.4) is 0 Å². The molecule has 18 heteroatoms. The number of carbonyl (C=O) groups is 2. The predicted octanol–water partition coefficient (Wildman–Crippen LogP) is 5.31. The summed E-state index contributed by atoms with van der Waals surface area (Å²) in [4.78, 5) is 42.0. The number of fused-ring (bicyclic) bond motifs is 8. The minimum Gasteiger partial charge on any atom is -0.329 e. The van der Waals surface area contributed by atoms with Crippen LogP contribution in [0.15, 0.2) is 27.7 Å². The van der Waals surface area contributed by atoms with Gasteiger partial charge in [-0.05, 0) is 165 Å². The molecule has 14 rings (SSSR count). The maximum absolute atomic E-state index is 13.7. The largest absolute Gasteiger partial charge is 0.333 e. The lowest BCUT2D eigenvalue weighted by atomic mass is 9.87. The lowest BCUT2D eigenvalue weighted by Gasteiger charge is -2.26. The molecule has 4 aromatic rings. The van der Waals surface area contributed by atoms with E-state index in [0.717, 1.165) is 166 Å². The summed E-state index contributed by atoms with van der Waals surface area (Å²) in [6, 6.07) is 3.28. The molecule has 2 aromatic carbocycles. The summed E-state index contributed by atoms with van der Waals surface area (Å²) in [6.07, 6.45) is 14.1. The molecule has 8 heterocycles. The average Bonchev–Trinajstić information content (AvgIpc) is 4.10. The molecule has 0 saturated carbocycles. The Bertz CT molecular complexity index is 2610. The number of nitrogens with one attached hydrogen (secondary N) is 4. The number of nitrogens with zero attached hydrogens (tertiary/aromatic N) is 5. The summed E-state index contributed by atoms with van der Waals surface area (Å²) < 4.78 is 60.9. The third kappa shape index (κ3) is 6.68.